The number of carbonyl (C=O) groups excluding carboxylic acids is 1. The highest BCUT2D eigenvalue weighted by molar-refractivity contribution is 5.69. The molecule has 168 valence electrons. The van der Waals surface area contributed by atoms with Crippen LogP contribution in [-0.4, -0.2) is 50.2 Å². The van der Waals surface area contributed by atoms with Gasteiger partial charge in [0.25, 0.3) is 0 Å². The SMILES string of the molecule is CCCCC/C=C\C/C=C\CCCCCCCC(=O)OCCCN1CCNCC1. The average molecular weight is 407 g/mol. The van der Waals surface area contributed by atoms with Crippen molar-refractivity contribution in [2.45, 2.75) is 90.4 Å². The zero-order valence-electron chi connectivity index (χ0n) is 19.0. The molecule has 0 aromatic rings. The Labute approximate surface area is 180 Å². The van der Waals surface area contributed by atoms with Gasteiger partial charge < -0.3 is 15.0 Å². The van der Waals surface area contributed by atoms with Crippen LogP contribution < -0.4 is 5.32 Å². The summed E-state index contributed by atoms with van der Waals surface area (Å²) in [7, 11) is 0. The second-order valence-corrected chi connectivity index (χ2v) is 8.15. The number of rotatable bonds is 18. The molecule has 0 radical (unpaired) electrons. The quantitative estimate of drug-likeness (QED) is 0.182. The van der Waals surface area contributed by atoms with Crippen LogP contribution in [0.25, 0.3) is 0 Å². The molecule has 0 aromatic heterocycles. The molecule has 1 N–H and O–H groups in total. The lowest BCUT2D eigenvalue weighted by atomic mass is 10.1. The van der Waals surface area contributed by atoms with Crippen molar-refractivity contribution < 1.29 is 9.53 Å². The maximum absolute atomic E-state index is 11.8. The summed E-state index contributed by atoms with van der Waals surface area (Å²) < 4.78 is 5.36. The van der Waals surface area contributed by atoms with E-state index in [9.17, 15) is 4.79 Å². The van der Waals surface area contributed by atoms with Crippen molar-refractivity contribution in [3.63, 3.8) is 0 Å². The van der Waals surface area contributed by atoms with Crippen molar-refractivity contribution >= 4 is 5.97 Å². The number of ether oxygens (including phenoxy) is 1. The Hall–Kier alpha value is -1.13. The van der Waals surface area contributed by atoms with Crippen LogP contribution in [0, 0.1) is 0 Å². The van der Waals surface area contributed by atoms with Crippen LogP contribution in [0.5, 0.6) is 0 Å². The van der Waals surface area contributed by atoms with Gasteiger partial charge in [0, 0.05) is 39.1 Å². The zero-order chi connectivity index (χ0) is 20.8. The number of hydrogen-bond donors (Lipinski definition) is 1. The predicted molar refractivity (Wildman–Crippen MR) is 124 cm³/mol. The molecule has 1 rings (SSSR count). The van der Waals surface area contributed by atoms with Gasteiger partial charge >= 0.3 is 5.97 Å². The van der Waals surface area contributed by atoms with Gasteiger partial charge in [-0.25, -0.2) is 0 Å². The second kappa shape index (κ2) is 20.2. The molecule has 1 saturated heterocycles. The van der Waals surface area contributed by atoms with E-state index in [1.807, 2.05) is 0 Å². The van der Waals surface area contributed by atoms with Gasteiger partial charge in [-0.1, -0.05) is 63.3 Å². The highest BCUT2D eigenvalue weighted by atomic mass is 16.5. The van der Waals surface area contributed by atoms with Gasteiger partial charge in [-0.3, -0.25) is 4.79 Å². The molecule has 0 unspecified atom stereocenters. The largest absolute Gasteiger partial charge is 0.466 e. The molecular formula is C25H46N2O2. The Morgan fingerprint density at radius 2 is 1.52 bits per heavy atom. The van der Waals surface area contributed by atoms with Crippen molar-refractivity contribution in [1.82, 2.24) is 10.2 Å². The number of unbranched alkanes of at least 4 members (excludes halogenated alkanes) is 8. The molecule has 0 aliphatic carbocycles. The molecule has 0 atom stereocenters. The number of hydrogen-bond acceptors (Lipinski definition) is 4. The van der Waals surface area contributed by atoms with E-state index in [4.69, 9.17) is 4.74 Å². The van der Waals surface area contributed by atoms with Gasteiger partial charge in [0.2, 0.25) is 0 Å². The molecule has 29 heavy (non-hydrogen) atoms. The third-order valence-corrected chi connectivity index (χ3v) is 5.42. The van der Waals surface area contributed by atoms with E-state index in [2.05, 4.69) is 41.4 Å². The number of nitrogens with one attached hydrogen (secondary N) is 1. The van der Waals surface area contributed by atoms with Gasteiger partial charge in [0.1, 0.15) is 0 Å². The van der Waals surface area contributed by atoms with Gasteiger partial charge in [0.05, 0.1) is 6.61 Å². The topological polar surface area (TPSA) is 41.6 Å². The highest BCUT2D eigenvalue weighted by Gasteiger charge is 2.09. The lowest BCUT2D eigenvalue weighted by molar-refractivity contribution is -0.144. The summed E-state index contributed by atoms with van der Waals surface area (Å²) in [6, 6.07) is 0. The highest BCUT2D eigenvalue weighted by Crippen LogP contribution is 2.09. The summed E-state index contributed by atoms with van der Waals surface area (Å²) in [5.74, 6) is -0.0176. The molecule has 1 heterocycles. The third-order valence-electron chi connectivity index (χ3n) is 5.42. The molecular weight excluding hydrogens is 360 g/mol. The molecule has 0 amide bonds. The van der Waals surface area contributed by atoms with Crippen molar-refractivity contribution in [2.24, 2.45) is 0 Å². The minimum Gasteiger partial charge on any atom is -0.466 e. The van der Waals surface area contributed by atoms with Crippen molar-refractivity contribution in [2.75, 3.05) is 39.3 Å². The van der Waals surface area contributed by atoms with E-state index in [0.717, 1.165) is 58.4 Å². The van der Waals surface area contributed by atoms with E-state index in [1.54, 1.807) is 0 Å². The Morgan fingerprint density at radius 1 is 0.862 bits per heavy atom. The minimum atomic E-state index is -0.0176. The van der Waals surface area contributed by atoms with Crippen LogP contribution >= 0.6 is 0 Å². The van der Waals surface area contributed by atoms with E-state index < -0.39 is 0 Å². The monoisotopic (exact) mass is 406 g/mol. The molecule has 4 nitrogen and oxygen atoms in total. The van der Waals surface area contributed by atoms with Crippen molar-refractivity contribution in [3.8, 4) is 0 Å². The van der Waals surface area contributed by atoms with E-state index >= 15 is 0 Å². The first-order valence-corrected chi connectivity index (χ1v) is 12.2. The number of esters is 1. The molecule has 0 aromatic carbocycles. The first-order chi connectivity index (χ1) is 14.3. The lowest BCUT2D eigenvalue weighted by Crippen LogP contribution is -2.43. The van der Waals surface area contributed by atoms with Gasteiger partial charge in [-0.2, -0.15) is 0 Å². The summed E-state index contributed by atoms with van der Waals surface area (Å²) in [4.78, 5) is 14.2. The van der Waals surface area contributed by atoms with E-state index in [-0.39, 0.29) is 5.97 Å². The number of piperazine rings is 1. The maximum Gasteiger partial charge on any atom is 0.305 e. The lowest BCUT2D eigenvalue weighted by Gasteiger charge is -2.26. The molecule has 1 aliphatic rings. The average Bonchev–Trinajstić information content (AvgIpc) is 2.75. The smallest absolute Gasteiger partial charge is 0.305 e. The van der Waals surface area contributed by atoms with Crippen LogP contribution in [0.1, 0.15) is 90.4 Å². The minimum absolute atomic E-state index is 0.0176. The van der Waals surface area contributed by atoms with Crippen LogP contribution in [0.3, 0.4) is 0 Å². The second-order valence-electron chi connectivity index (χ2n) is 8.15. The van der Waals surface area contributed by atoms with Crippen molar-refractivity contribution in [1.29, 1.82) is 0 Å². The van der Waals surface area contributed by atoms with Crippen LogP contribution in [0.15, 0.2) is 24.3 Å². The number of carbonyl (C=O) groups is 1. The fourth-order valence-corrected chi connectivity index (χ4v) is 3.56. The Morgan fingerprint density at radius 3 is 2.24 bits per heavy atom. The normalized spacial score (nSPS) is 15.5. The van der Waals surface area contributed by atoms with Gasteiger partial charge in [-0.15, -0.1) is 0 Å². The Kier molecular flexibility index (Phi) is 18.0. The maximum atomic E-state index is 11.8. The Bertz CT molecular complexity index is 429. The molecule has 0 saturated carbocycles. The van der Waals surface area contributed by atoms with Gasteiger partial charge in [-0.05, 0) is 44.9 Å². The van der Waals surface area contributed by atoms with E-state index in [0.29, 0.717) is 13.0 Å². The molecule has 4 heteroatoms. The summed E-state index contributed by atoms with van der Waals surface area (Å²) in [6.07, 6.45) is 24.0. The van der Waals surface area contributed by atoms with Gasteiger partial charge in [0.15, 0.2) is 0 Å². The van der Waals surface area contributed by atoms with Crippen LogP contribution in [0.2, 0.25) is 0 Å². The first-order valence-electron chi connectivity index (χ1n) is 12.2. The summed E-state index contributed by atoms with van der Waals surface area (Å²) in [5, 5.41) is 3.35. The standard InChI is InChI=1S/C25H46N2O2/c1-2-3-4-5-6-7-8-9-10-11-12-13-14-15-16-18-25(28)29-24-17-21-27-22-19-26-20-23-27/h6-7,9-10,26H,2-5,8,11-24H2,1H3/b7-6-,10-9-. The fourth-order valence-electron chi connectivity index (χ4n) is 3.56. The third kappa shape index (κ3) is 17.4. The molecule has 0 bridgehead atoms. The first kappa shape index (κ1) is 25.9. The van der Waals surface area contributed by atoms with Crippen LogP contribution in [0.4, 0.5) is 0 Å². The molecule has 1 fully saturated rings. The Balaban J connectivity index is 1.79. The number of nitrogens with zero attached hydrogens (tertiary/aromatic N) is 1. The zero-order valence-corrected chi connectivity index (χ0v) is 19.0. The van der Waals surface area contributed by atoms with Crippen molar-refractivity contribution in [3.05, 3.63) is 24.3 Å². The summed E-state index contributed by atoms with van der Waals surface area (Å²) >= 11 is 0. The van der Waals surface area contributed by atoms with E-state index in [1.165, 1.54) is 51.4 Å². The molecule has 1 aliphatic heterocycles. The fraction of sp³-hybridized carbons (Fsp3) is 0.800. The number of allylic oxidation sites excluding steroid dienone is 4. The molecule has 0 spiro atoms. The predicted octanol–water partition coefficient (Wildman–Crippen LogP) is 5.64. The van der Waals surface area contributed by atoms with Crippen LogP contribution in [-0.2, 0) is 9.53 Å². The summed E-state index contributed by atoms with van der Waals surface area (Å²) in [6.45, 7) is 8.23. The summed E-state index contributed by atoms with van der Waals surface area (Å²) in [5.41, 5.74) is 0.